The molecule has 1 aromatic carbocycles. The zero-order valence-electron chi connectivity index (χ0n) is 13.1. The lowest BCUT2D eigenvalue weighted by Gasteiger charge is -2.33. The van der Waals surface area contributed by atoms with Gasteiger partial charge in [-0.15, -0.1) is 0 Å². The molecule has 3 nitrogen and oxygen atoms in total. The second-order valence-electron chi connectivity index (χ2n) is 6.36. The lowest BCUT2D eigenvalue weighted by molar-refractivity contribution is 0.286. The average molecular weight is 288 g/mol. The highest BCUT2D eigenvalue weighted by molar-refractivity contribution is 5.49. The van der Waals surface area contributed by atoms with Crippen molar-refractivity contribution in [2.75, 3.05) is 18.5 Å². The standard InChI is InChI=1S/C18H28N2O/c1-2-21-15-8-5-7-14(13-15)20-18-11-6-9-16(18)17-10-3-4-12-19-17/h5,7-8,13,16-20H,2-4,6,9-12H2,1H3. The van der Waals surface area contributed by atoms with Gasteiger partial charge in [0.2, 0.25) is 0 Å². The fourth-order valence-corrected chi connectivity index (χ4v) is 3.95. The Kier molecular flexibility index (Phi) is 5.02. The molecule has 3 heteroatoms. The first-order chi connectivity index (χ1) is 10.4. The first kappa shape index (κ1) is 14.7. The van der Waals surface area contributed by atoms with Gasteiger partial charge in [-0.3, -0.25) is 0 Å². The fourth-order valence-electron chi connectivity index (χ4n) is 3.95. The van der Waals surface area contributed by atoms with E-state index in [1.165, 1.54) is 50.8 Å². The molecule has 1 aromatic rings. The van der Waals surface area contributed by atoms with Crippen LogP contribution in [0.2, 0.25) is 0 Å². The highest BCUT2D eigenvalue weighted by atomic mass is 16.5. The lowest BCUT2D eigenvalue weighted by atomic mass is 9.88. The smallest absolute Gasteiger partial charge is 0.121 e. The fraction of sp³-hybridized carbons (Fsp3) is 0.667. The van der Waals surface area contributed by atoms with Gasteiger partial charge in [0.25, 0.3) is 0 Å². The Bertz CT molecular complexity index is 443. The number of anilines is 1. The number of benzene rings is 1. The van der Waals surface area contributed by atoms with Gasteiger partial charge in [-0.2, -0.15) is 0 Å². The van der Waals surface area contributed by atoms with Crippen molar-refractivity contribution in [1.82, 2.24) is 5.32 Å². The molecule has 1 aliphatic carbocycles. The molecule has 3 unspecified atom stereocenters. The van der Waals surface area contributed by atoms with Crippen LogP contribution in [0.5, 0.6) is 5.75 Å². The minimum atomic E-state index is 0.609. The van der Waals surface area contributed by atoms with Crippen molar-refractivity contribution >= 4 is 5.69 Å². The van der Waals surface area contributed by atoms with E-state index < -0.39 is 0 Å². The Balaban J connectivity index is 1.64. The average Bonchev–Trinajstić information content (AvgIpc) is 2.97. The predicted molar refractivity (Wildman–Crippen MR) is 88.0 cm³/mol. The molecular weight excluding hydrogens is 260 g/mol. The second-order valence-corrected chi connectivity index (χ2v) is 6.36. The summed E-state index contributed by atoms with van der Waals surface area (Å²) in [6.45, 7) is 3.96. The molecule has 2 fully saturated rings. The van der Waals surface area contributed by atoms with Crippen LogP contribution in [-0.4, -0.2) is 25.2 Å². The van der Waals surface area contributed by atoms with Crippen LogP contribution in [0.1, 0.15) is 45.4 Å². The van der Waals surface area contributed by atoms with Crippen molar-refractivity contribution in [3.8, 4) is 5.75 Å². The molecule has 0 bridgehead atoms. The predicted octanol–water partition coefficient (Wildman–Crippen LogP) is 3.81. The number of ether oxygens (including phenoxy) is 1. The minimum absolute atomic E-state index is 0.609. The Morgan fingerprint density at radius 3 is 2.95 bits per heavy atom. The molecule has 21 heavy (non-hydrogen) atoms. The summed E-state index contributed by atoms with van der Waals surface area (Å²) in [4.78, 5) is 0. The summed E-state index contributed by atoms with van der Waals surface area (Å²) in [7, 11) is 0. The van der Waals surface area contributed by atoms with Gasteiger partial charge in [0.1, 0.15) is 5.75 Å². The highest BCUT2D eigenvalue weighted by Gasteiger charge is 2.34. The Morgan fingerprint density at radius 1 is 1.19 bits per heavy atom. The summed E-state index contributed by atoms with van der Waals surface area (Å²) in [5.74, 6) is 1.74. The zero-order valence-corrected chi connectivity index (χ0v) is 13.1. The Labute approximate surface area is 128 Å². The summed E-state index contributed by atoms with van der Waals surface area (Å²) in [5.41, 5.74) is 1.20. The molecule has 0 amide bonds. The van der Waals surface area contributed by atoms with E-state index in [0.717, 1.165) is 18.3 Å². The van der Waals surface area contributed by atoms with Crippen LogP contribution >= 0.6 is 0 Å². The van der Waals surface area contributed by atoms with Gasteiger partial charge in [0, 0.05) is 23.8 Å². The summed E-state index contributed by atoms with van der Waals surface area (Å²) < 4.78 is 5.60. The van der Waals surface area contributed by atoms with Crippen molar-refractivity contribution in [2.45, 2.75) is 57.5 Å². The molecule has 1 heterocycles. The number of rotatable bonds is 5. The number of piperidine rings is 1. The van der Waals surface area contributed by atoms with Crippen LogP contribution in [0, 0.1) is 5.92 Å². The molecule has 0 radical (unpaired) electrons. The normalized spacial score (nSPS) is 29.3. The van der Waals surface area contributed by atoms with Crippen LogP contribution in [0.3, 0.4) is 0 Å². The quantitative estimate of drug-likeness (QED) is 0.864. The van der Waals surface area contributed by atoms with E-state index in [-0.39, 0.29) is 0 Å². The molecule has 1 saturated carbocycles. The highest BCUT2D eigenvalue weighted by Crippen LogP contribution is 2.34. The third kappa shape index (κ3) is 3.70. The zero-order chi connectivity index (χ0) is 14.5. The van der Waals surface area contributed by atoms with Gasteiger partial charge in [-0.05, 0) is 57.2 Å². The summed E-state index contributed by atoms with van der Waals surface area (Å²) in [6, 6.07) is 9.73. The molecule has 116 valence electrons. The lowest BCUT2D eigenvalue weighted by Crippen LogP contribution is -2.44. The van der Waals surface area contributed by atoms with Gasteiger partial charge < -0.3 is 15.4 Å². The maximum absolute atomic E-state index is 5.60. The molecule has 1 aliphatic heterocycles. The van der Waals surface area contributed by atoms with Gasteiger partial charge >= 0.3 is 0 Å². The van der Waals surface area contributed by atoms with Crippen molar-refractivity contribution in [2.24, 2.45) is 5.92 Å². The number of hydrogen-bond acceptors (Lipinski definition) is 3. The van der Waals surface area contributed by atoms with Crippen molar-refractivity contribution in [1.29, 1.82) is 0 Å². The topological polar surface area (TPSA) is 33.3 Å². The molecule has 0 aromatic heterocycles. The van der Waals surface area contributed by atoms with E-state index in [2.05, 4.69) is 28.8 Å². The maximum Gasteiger partial charge on any atom is 0.121 e. The summed E-state index contributed by atoms with van der Waals surface area (Å²) in [6.07, 6.45) is 8.09. The van der Waals surface area contributed by atoms with Crippen LogP contribution in [-0.2, 0) is 0 Å². The van der Waals surface area contributed by atoms with Gasteiger partial charge in [0.15, 0.2) is 0 Å². The third-order valence-corrected chi connectivity index (χ3v) is 4.93. The number of hydrogen-bond donors (Lipinski definition) is 2. The van der Waals surface area contributed by atoms with Crippen molar-refractivity contribution in [3.63, 3.8) is 0 Å². The molecule has 1 saturated heterocycles. The minimum Gasteiger partial charge on any atom is -0.494 e. The largest absolute Gasteiger partial charge is 0.494 e. The van der Waals surface area contributed by atoms with Gasteiger partial charge in [0.05, 0.1) is 6.61 Å². The van der Waals surface area contributed by atoms with E-state index in [4.69, 9.17) is 4.74 Å². The SMILES string of the molecule is CCOc1cccc(NC2CCCC2C2CCCCN2)c1. The van der Waals surface area contributed by atoms with E-state index in [0.29, 0.717) is 12.1 Å². The maximum atomic E-state index is 5.60. The molecule has 3 atom stereocenters. The molecule has 2 N–H and O–H groups in total. The van der Waals surface area contributed by atoms with Crippen LogP contribution < -0.4 is 15.4 Å². The monoisotopic (exact) mass is 288 g/mol. The van der Waals surface area contributed by atoms with Crippen LogP contribution in [0.15, 0.2) is 24.3 Å². The third-order valence-electron chi connectivity index (χ3n) is 4.93. The van der Waals surface area contributed by atoms with E-state index >= 15 is 0 Å². The molecular formula is C18H28N2O. The summed E-state index contributed by atoms with van der Waals surface area (Å²) >= 11 is 0. The van der Waals surface area contributed by atoms with E-state index in [1.54, 1.807) is 0 Å². The molecule has 3 rings (SSSR count). The van der Waals surface area contributed by atoms with Crippen molar-refractivity contribution < 1.29 is 4.74 Å². The van der Waals surface area contributed by atoms with Crippen molar-refractivity contribution in [3.05, 3.63) is 24.3 Å². The first-order valence-electron chi connectivity index (χ1n) is 8.59. The Hall–Kier alpha value is -1.22. The molecule has 0 spiro atoms. The van der Waals surface area contributed by atoms with Crippen LogP contribution in [0.4, 0.5) is 5.69 Å². The Morgan fingerprint density at radius 2 is 2.14 bits per heavy atom. The van der Waals surface area contributed by atoms with Gasteiger partial charge in [-0.25, -0.2) is 0 Å². The number of nitrogens with one attached hydrogen (secondary N) is 2. The second kappa shape index (κ2) is 7.17. The van der Waals surface area contributed by atoms with Crippen LogP contribution in [0.25, 0.3) is 0 Å². The van der Waals surface area contributed by atoms with Gasteiger partial charge in [-0.1, -0.05) is 18.9 Å². The van der Waals surface area contributed by atoms with E-state index in [1.807, 2.05) is 13.0 Å². The molecule has 2 aliphatic rings. The van der Waals surface area contributed by atoms with E-state index in [9.17, 15) is 0 Å². The summed E-state index contributed by atoms with van der Waals surface area (Å²) in [5, 5.41) is 7.51. The first-order valence-corrected chi connectivity index (χ1v) is 8.59.